The molecule has 1 rings (SSSR count). The summed E-state index contributed by atoms with van der Waals surface area (Å²) in [6.07, 6.45) is 3.63. The summed E-state index contributed by atoms with van der Waals surface area (Å²) in [6, 6.07) is -1.19. The Kier molecular flexibility index (Phi) is 6.78. The van der Waals surface area contributed by atoms with Gasteiger partial charge in [-0.3, -0.25) is 0 Å². The van der Waals surface area contributed by atoms with E-state index in [2.05, 4.69) is 5.32 Å². The Bertz CT molecular complexity index is 327. The molecule has 1 fully saturated rings. The van der Waals surface area contributed by atoms with E-state index in [0.717, 1.165) is 25.9 Å². The molecule has 0 aliphatic carbocycles. The maximum Gasteiger partial charge on any atom is 0.326 e. The highest BCUT2D eigenvalue weighted by Crippen LogP contribution is 2.13. The summed E-state index contributed by atoms with van der Waals surface area (Å²) in [5.74, 6) is -0.780. The molecule has 2 N–H and O–H groups in total. The van der Waals surface area contributed by atoms with Gasteiger partial charge < -0.3 is 20.1 Å². The summed E-state index contributed by atoms with van der Waals surface area (Å²) in [7, 11) is 1.67. The summed E-state index contributed by atoms with van der Waals surface area (Å²) < 4.78 is 5.58. The number of nitrogens with zero attached hydrogens (tertiary/aromatic N) is 1. The SMILES string of the molecule is CC(C)C[C@@H](NC(=O)N(C)CC1CCCCO1)C(=O)O. The molecule has 0 aromatic carbocycles. The summed E-state index contributed by atoms with van der Waals surface area (Å²) in [5, 5.41) is 11.7. The standard InChI is InChI=1S/C14H26N2O4/c1-10(2)8-12(13(17)18)15-14(19)16(3)9-11-6-4-5-7-20-11/h10-12H,4-9H2,1-3H3,(H,15,19)(H,17,18)/t11?,12-/m1/s1. The van der Waals surface area contributed by atoms with Gasteiger partial charge in [0, 0.05) is 20.2 Å². The zero-order chi connectivity index (χ0) is 15.1. The third kappa shape index (κ3) is 5.77. The molecule has 0 spiro atoms. The lowest BCUT2D eigenvalue weighted by Gasteiger charge is -2.28. The van der Waals surface area contributed by atoms with Crippen molar-refractivity contribution in [3.63, 3.8) is 0 Å². The molecule has 1 saturated heterocycles. The molecular formula is C14H26N2O4. The minimum absolute atomic E-state index is 0.0628. The molecule has 0 saturated carbocycles. The molecule has 1 aliphatic heterocycles. The first-order valence-corrected chi connectivity index (χ1v) is 7.26. The van der Waals surface area contributed by atoms with Gasteiger partial charge >= 0.3 is 12.0 Å². The fourth-order valence-corrected chi connectivity index (χ4v) is 2.29. The van der Waals surface area contributed by atoms with Gasteiger partial charge in [-0.1, -0.05) is 13.8 Å². The Balaban J connectivity index is 2.43. The van der Waals surface area contributed by atoms with Crippen molar-refractivity contribution in [1.29, 1.82) is 0 Å². The van der Waals surface area contributed by atoms with Crippen molar-refractivity contribution < 1.29 is 19.4 Å². The van der Waals surface area contributed by atoms with E-state index in [4.69, 9.17) is 9.84 Å². The number of rotatable bonds is 6. The van der Waals surface area contributed by atoms with Gasteiger partial charge in [0.2, 0.25) is 0 Å². The van der Waals surface area contributed by atoms with E-state index in [1.165, 1.54) is 4.90 Å². The highest BCUT2D eigenvalue weighted by molar-refractivity contribution is 5.82. The topological polar surface area (TPSA) is 78.9 Å². The summed E-state index contributed by atoms with van der Waals surface area (Å²) >= 11 is 0. The molecule has 0 bridgehead atoms. The summed E-state index contributed by atoms with van der Waals surface area (Å²) in [4.78, 5) is 24.6. The normalized spacial score (nSPS) is 20.5. The molecule has 116 valence electrons. The number of carbonyl (C=O) groups is 2. The van der Waals surface area contributed by atoms with E-state index in [9.17, 15) is 9.59 Å². The number of likely N-dealkylation sites (N-methyl/N-ethyl adjacent to an activating group) is 1. The van der Waals surface area contributed by atoms with Crippen LogP contribution in [0, 0.1) is 5.92 Å². The summed E-state index contributed by atoms with van der Waals surface area (Å²) in [5.41, 5.74) is 0. The third-order valence-corrected chi connectivity index (χ3v) is 3.40. The van der Waals surface area contributed by atoms with Gasteiger partial charge in [0.05, 0.1) is 6.10 Å². The molecule has 1 heterocycles. The van der Waals surface area contributed by atoms with Crippen LogP contribution in [0.4, 0.5) is 4.79 Å². The van der Waals surface area contributed by atoms with Crippen molar-refractivity contribution in [3.8, 4) is 0 Å². The second kappa shape index (κ2) is 8.09. The van der Waals surface area contributed by atoms with Gasteiger partial charge in [-0.2, -0.15) is 0 Å². The van der Waals surface area contributed by atoms with E-state index in [1.807, 2.05) is 13.8 Å². The minimum atomic E-state index is -0.991. The molecule has 1 unspecified atom stereocenters. The maximum atomic E-state index is 12.0. The lowest BCUT2D eigenvalue weighted by Crippen LogP contribution is -2.49. The fourth-order valence-electron chi connectivity index (χ4n) is 2.29. The molecule has 0 radical (unpaired) electrons. The van der Waals surface area contributed by atoms with Crippen LogP contribution in [0.25, 0.3) is 0 Å². The molecular weight excluding hydrogens is 260 g/mol. The number of amides is 2. The second-order valence-electron chi connectivity index (χ2n) is 5.84. The Morgan fingerprint density at radius 2 is 2.10 bits per heavy atom. The average Bonchev–Trinajstić information content (AvgIpc) is 2.38. The average molecular weight is 286 g/mol. The van der Waals surface area contributed by atoms with Crippen LogP contribution < -0.4 is 5.32 Å². The largest absolute Gasteiger partial charge is 0.480 e. The van der Waals surface area contributed by atoms with Crippen LogP contribution in [0.5, 0.6) is 0 Å². The number of hydrogen-bond donors (Lipinski definition) is 2. The van der Waals surface area contributed by atoms with Crippen LogP contribution in [0.3, 0.4) is 0 Å². The number of ether oxygens (including phenoxy) is 1. The van der Waals surface area contributed by atoms with Gasteiger partial charge in [-0.05, 0) is 31.6 Å². The molecule has 6 nitrogen and oxygen atoms in total. The Hall–Kier alpha value is -1.30. The number of carbonyl (C=O) groups excluding carboxylic acids is 1. The summed E-state index contributed by atoms with van der Waals surface area (Å²) in [6.45, 7) is 5.11. The van der Waals surface area contributed by atoms with Gasteiger partial charge in [-0.25, -0.2) is 9.59 Å². The van der Waals surface area contributed by atoms with Crippen LogP contribution in [0.15, 0.2) is 0 Å². The van der Waals surface area contributed by atoms with Crippen molar-refractivity contribution in [2.24, 2.45) is 5.92 Å². The predicted octanol–water partition coefficient (Wildman–Crippen LogP) is 1.70. The number of carboxylic acid groups (broad SMARTS) is 1. The predicted molar refractivity (Wildman–Crippen MR) is 75.6 cm³/mol. The van der Waals surface area contributed by atoms with Gasteiger partial charge in [0.25, 0.3) is 0 Å². The van der Waals surface area contributed by atoms with Crippen molar-refractivity contribution in [3.05, 3.63) is 0 Å². The molecule has 2 atom stereocenters. The number of hydrogen-bond acceptors (Lipinski definition) is 3. The van der Waals surface area contributed by atoms with Crippen LogP contribution in [0.1, 0.15) is 39.5 Å². The molecule has 2 amide bonds. The molecule has 0 aromatic heterocycles. The monoisotopic (exact) mass is 286 g/mol. The van der Waals surface area contributed by atoms with E-state index in [-0.39, 0.29) is 18.1 Å². The van der Waals surface area contributed by atoms with Crippen LogP contribution in [-0.4, -0.2) is 54.4 Å². The second-order valence-corrected chi connectivity index (χ2v) is 5.84. The lowest BCUT2D eigenvalue weighted by atomic mass is 10.0. The smallest absolute Gasteiger partial charge is 0.326 e. The molecule has 6 heteroatoms. The number of urea groups is 1. The highest BCUT2D eigenvalue weighted by atomic mass is 16.5. The van der Waals surface area contributed by atoms with E-state index < -0.39 is 12.0 Å². The van der Waals surface area contributed by atoms with E-state index in [1.54, 1.807) is 7.05 Å². The van der Waals surface area contributed by atoms with Gasteiger partial charge in [0.15, 0.2) is 0 Å². The van der Waals surface area contributed by atoms with Gasteiger partial charge in [-0.15, -0.1) is 0 Å². The van der Waals surface area contributed by atoms with Crippen molar-refractivity contribution in [1.82, 2.24) is 10.2 Å². The van der Waals surface area contributed by atoms with Crippen molar-refractivity contribution in [2.45, 2.75) is 51.7 Å². The number of carboxylic acids is 1. The first-order valence-electron chi connectivity index (χ1n) is 7.26. The Labute approximate surface area is 120 Å². The third-order valence-electron chi connectivity index (χ3n) is 3.40. The van der Waals surface area contributed by atoms with E-state index in [0.29, 0.717) is 13.0 Å². The lowest BCUT2D eigenvalue weighted by molar-refractivity contribution is -0.139. The number of nitrogens with one attached hydrogen (secondary N) is 1. The molecule has 20 heavy (non-hydrogen) atoms. The first kappa shape index (κ1) is 16.8. The fraction of sp³-hybridized carbons (Fsp3) is 0.857. The number of aliphatic carboxylic acids is 1. The van der Waals surface area contributed by atoms with Crippen LogP contribution in [0.2, 0.25) is 0 Å². The van der Waals surface area contributed by atoms with Crippen molar-refractivity contribution in [2.75, 3.05) is 20.2 Å². The van der Waals surface area contributed by atoms with Crippen LogP contribution >= 0.6 is 0 Å². The molecule has 0 aromatic rings. The quantitative estimate of drug-likeness (QED) is 0.779. The zero-order valence-corrected chi connectivity index (χ0v) is 12.6. The van der Waals surface area contributed by atoms with E-state index >= 15 is 0 Å². The first-order chi connectivity index (χ1) is 9.40. The maximum absolute atomic E-state index is 12.0. The van der Waals surface area contributed by atoms with Gasteiger partial charge in [0.1, 0.15) is 6.04 Å². The Morgan fingerprint density at radius 3 is 2.60 bits per heavy atom. The minimum Gasteiger partial charge on any atom is -0.480 e. The highest BCUT2D eigenvalue weighted by Gasteiger charge is 2.24. The molecule has 1 aliphatic rings. The zero-order valence-electron chi connectivity index (χ0n) is 12.6. The Morgan fingerprint density at radius 1 is 1.40 bits per heavy atom. The van der Waals surface area contributed by atoms with Crippen LogP contribution in [-0.2, 0) is 9.53 Å². The van der Waals surface area contributed by atoms with Crippen molar-refractivity contribution >= 4 is 12.0 Å².